The molecule has 0 fully saturated rings. The largest absolute Gasteiger partial charge is 0.497 e. The zero-order valence-electron chi connectivity index (χ0n) is 14.2. The van der Waals surface area contributed by atoms with Gasteiger partial charge in [-0.25, -0.2) is 4.98 Å². The molecule has 1 heterocycles. The number of benzene rings is 1. The third-order valence-electron chi connectivity index (χ3n) is 3.12. The number of nitrogens with zero attached hydrogens (tertiary/aromatic N) is 2. The van der Waals surface area contributed by atoms with Crippen molar-refractivity contribution >= 4 is 28.5 Å². The molecule has 0 aliphatic carbocycles. The topological polar surface area (TPSA) is 63.7 Å². The lowest BCUT2D eigenvalue weighted by Gasteiger charge is -2.07. The second kappa shape index (κ2) is 8.47. The molecule has 0 saturated carbocycles. The number of carbonyl (C=O) groups is 1. The summed E-state index contributed by atoms with van der Waals surface area (Å²) in [7, 11) is 7.12. The van der Waals surface area contributed by atoms with E-state index in [1.165, 1.54) is 17.4 Å². The molecule has 128 valence electrons. The van der Waals surface area contributed by atoms with E-state index in [9.17, 15) is 4.79 Å². The molecular formula is C17H21N3O3S. The van der Waals surface area contributed by atoms with Gasteiger partial charge in [0.05, 0.1) is 19.9 Å². The highest BCUT2D eigenvalue weighted by atomic mass is 32.1. The van der Waals surface area contributed by atoms with Gasteiger partial charge in [-0.15, -0.1) is 11.3 Å². The molecule has 0 unspecified atom stereocenters. The van der Waals surface area contributed by atoms with Gasteiger partial charge in [0, 0.05) is 29.6 Å². The molecule has 2 aromatic rings. The van der Waals surface area contributed by atoms with Crippen LogP contribution in [0.25, 0.3) is 6.08 Å². The summed E-state index contributed by atoms with van der Waals surface area (Å²) in [6, 6.07) is 5.42. The van der Waals surface area contributed by atoms with Crippen molar-refractivity contribution in [2.45, 2.75) is 6.54 Å². The van der Waals surface area contributed by atoms with E-state index in [4.69, 9.17) is 9.47 Å². The fraction of sp³-hybridized carbons (Fsp3) is 0.294. The fourth-order valence-corrected chi connectivity index (χ4v) is 2.73. The van der Waals surface area contributed by atoms with Crippen molar-refractivity contribution in [3.63, 3.8) is 0 Å². The summed E-state index contributed by atoms with van der Waals surface area (Å²) in [5.41, 5.74) is 1.72. The van der Waals surface area contributed by atoms with E-state index in [0.29, 0.717) is 16.6 Å². The van der Waals surface area contributed by atoms with Crippen LogP contribution in [0.15, 0.2) is 29.7 Å². The Morgan fingerprint density at radius 1 is 1.33 bits per heavy atom. The van der Waals surface area contributed by atoms with Crippen molar-refractivity contribution < 1.29 is 14.3 Å². The van der Waals surface area contributed by atoms with Crippen LogP contribution in [-0.4, -0.2) is 44.1 Å². The first-order valence-corrected chi connectivity index (χ1v) is 8.20. The average Bonchev–Trinajstić information content (AvgIpc) is 2.98. The SMILES string of the molecule is COc1ccc(/C=C/C(=O)Nc2nc(CN(C)C)cs2)c(OC)c1. The maximum atomic E-state index is 12.0. The third-order valence-corrected chi connectivity index (χ3v) is 3.92. The smallest absolute Gasteiger partial charge is 0.250 e. The van der Waals surface area contributed by atoms with Gasteiger partial charge in [-0.2, -0.15) is 0 Å². The van der Waals surface area contributed by atoms with Crippen molar-refractivity contribution in [3.8, 4) is 11.5 Å². The number of nitrogens with one attached hydrogen (secondary N) is 1. The quantitative estimate of drug-likeness (QED) is 0.780. The molecule has 0 bridgehead atoms. The zero-order valence-corrected chi connectivity index (χ0v) is 15.0. The standard InChI is InChI=1S/C17H21N3O3S/c1-20(2)10-13-11-24-17(18-13)19-16(21)8-6-12-5-7-14(22-3)9-15(12)23-4/h5-9,11H,10H2,1-4H3,(H,18,19,21)/b8-6+. The Morgan fingerprint density at radius 2 is 2.12 bits per heavy atom. The average molecular weight is 347 g/mol. The van der Waals surface area contributed by atoms with Crippen LogP contribution in [-0.2, 0) is 11.3 Å². The molecule has 1 N–H and O–H groups in total. The molecule has 0 saturated heterocycles. The fourth-order valence-electron chi connectivity index (χ4n) is 2.03. The predicted octanol–water partition coefficient (Wildman–Crippen LogP) is 2.87. The lowest BCUT2D eigenvalue weighted by atomic mass is 10.1. The van der Waals surface area contributed by atoms with Crippen LogP contribution >= 0.6 is 11.3 Å². The molecule has 1 aromatic carbocycles. The number of rotatable bonds is 7. The van der Waals surface area contributed by atoms with Crippen molar-refractivity contribution in [1.29, 1.82) is 0 Å². The van der Waals surface area contributed by atoms with Gasteiger partial charge >= 0.3 is 0 Å². The number of aromatic nitrogens is 1. The third kappa shape index (κ3) is 5.07. The molecule has 1 aromatic heterocycles. The van der Waals surface area contributed by atoms with Gasteiger partial charge in [0.2, 0.25) is 5.91 Å². The summed E-state index contributed by atoms with van der Waals surface area (Å²) >= 11 is 1.41. The maximum Gasteiger partial charge on any atom is 0.250 e. The Kier molecular flexibility index (Phi) is 6.34. The summed E-state index contributed by atoms with van der Waals surface area (Å²) in [5, 5.41) is 5.29. The van der Waals surface area contributed by atoms with Gasteiger partial charge in [0.15, 0.2) is 5.13 Å². The van der Waals surface area contributed by atoms with Crippen LogP contribution in [0.1, 0.15) is 11.3 Å². The van der Waals surface area contributed by atoms with E-state index in [2.05, 4.69) is 10.3 Å². The molecule has 7 heteroatoms. The highest BCUT2D eigenvalue weighted by Crippen LogP contribution is 2.25. The Balaban J connectivity index is 2.01. The van der Waals surface area contributed by atoms with Crippen LogP contribution in [0.2, 0.25) is 0 Å². The number of hydrogen-bond donors (Lipinski definition) is 1. The lowest BCUT2D eigenvalue weighted by Crippen LogP contribution is -2.11. The van der Waals surface area contributed by atoms with Crippen LogP contribution in [0.3, 0.4) is 0 Å². The second-order valence-electron chi connectivity index (χ2n) is 5.31. The van der Waals surface area contributed by atoms with Crippen LogP contribution in [0.4, 0.5) is 5.13 Å². The van der Waals surface area contributed by atoms with E-state index in [-0.39, 0.29) is 5.91 Å². The normalized spacial score (nSPS) is 11.0. The molecule has 0 aliphatic rings. The van der Waals surface area contributed by atoms with Crippen LogP contribution in [0.5, 0.6) is 11.5 Å². The number of ether oxygens (including phenoxy) is 2. The first kappa shape index (κ1) is 18.0. The summed E-state index contributed by atoms with van der Waals surface area (Å²) in [6.07, 6.45) is 3.15. The van der Waals surface area contributed by atoms with Crippen molar-refractivity contribution in [2.75, 3.05) is 33.6 Å². The molecule has 0 aliphatic heterocycles. The monoisotopic (exact) mass is 347 g/mol. The lowest BCUT2D eigenvalue weighted by molar-refractivity contribution is -0.111. The van der Waals surface area contributed by atoms with E-state index >= 15 is 0 Å². The Bertz CT molecular complexity index is 726. The summed E-state index contributed by atoms with van der Waals surface area (Å²) < 4.78 is 10.5. The molecule has 6 nitrogen and oxygen atoms in total. The Labute approximate surface area is 145 Å². The number of methoxy groups -OCH3 is 2. The number of carbonyl (C=O) groups excluding carboxylic acids is 1. The molecule has 2 rings (SSSR count). The second-order valence-corrected chi connectivity index (χ2v) is 6.17. The van der Waals surface area contributed by atoms with Gasteiger partial charge in [0.25, 0.3) is 0 Å². The van der Waals surface area contributed by atoms with Crippen molar-refractivity contribution in [3.05, 3.63) is 40.9 Å². The van der Waals surface area contributed by atoms with Crippen LogP contribution < -0.4 is 14.8 Å². The molecular weight excluding hydrogens is 326 g/mol. The van der Waals surface area contributed by atoms with Gasteiger partial charge < -0.3 is 14.4 Å². The van der Waals surface area contributed by atoms with Gasteiger partial charge in [-0.1, -0.05) is 0 Å². The minimum absolute atomic E-state index is 0.237. The Hall–Kier alpha value is -2.38. The van der Waals surface area contributed by atoms with E-state index in [0.717, 1.165) is 17.8 Å². The van der Waals surface area contributed by atoms with E-state index < -0.39 is 0 Å². The van der Waals surface area contributed by atoms with Gasteiger partial charge in [-0.05, 0) is 32.3 Å². The van der Waals surface area contributed by atoms with Crippen LogP contribution in [0, 0.1) is 0 Å². The van der Waals surface area contributed by atoms with Gasteiger partial charge in [0.1, 0.15) is 11.5 Å². The summed E-state index contributed by atoms with van der Waals surface area (Å²) in [5.74, 6) is 1.10. The number of amides is 1. The van der Waals surface area contributed by atoms with E-state index in [1.807, 2.05) is 36.5 Å². The Morgan fingerprint density at radius 3 is 2.79 bits per heavy atom. The minimum atomic E-state index is -0.237. The molecule has 24 heavy (non-hydrogen) atoms. The highest BCUT2D eigenvalue weighted by Gasteiger charge is 2.06. The molecule has 0 radical (unpaired) electrons. The highest BCUT2D eigenvalue weighted by molar-refractivity contribution is 7.13. The summed E-state index contributed by atoms with van der Waals surface area (Å²) in [4.78, 5) is 18.4. The van der Waals surface area contributed by atoms with Crippen molar-refractivity contribution in [1.82, 2.24) is 9.88 Å². The first-order valence-electron chi connectivity index (χ1n) is 7.32. The predicted molar refractivity (Wildman–Crippen MR) is 96.7 cm³/mol. The molecule has 0 spiro atoms. The zero-order chi connectivity index (χ0) is 17.5. The number of thiazole rings is 1. The number of hydrogen-bond acceptors (Lipinski definition) is 6. The van der Waals surface area contributed by atoms with Crippen molar-refractivity contribution in [2.24, 2.45) is 0 Å². The van der Waals surface area contributed by atoms with E-state index in [1.54, 1.807) is 26.4 Å². The van der Waals surface area contributed by atoms with Gasteiger partial charge in [-0.3, -0.25) is 10.1 Å². The maximum absolute atomic E-state index is 12.0. The molecule has 1 amide bonds. The molecule has 0 atom stereocenters. The minimum Gasteiger partial charge on any atom is -0.497 e. The first-order chi connectivity index (χ1) is 11.5. The summed E-state index contributed by atoms with van der Waals surface area (Å²) in [6.45, 7) is 0.741. The number of anilines is 1.